The Labute approximate surface area is 188 Å². The van der Waals surface area contributed by atoms with Crippen LogP contribution in [0.25, 0.3) is 6.08 Å². The number of carbonyl (C=O) groups is 3. The number of rotatable bonds is 6. The third kappa shape index (κ3) is 5.22. The Kier molecular flexibility index (Phi) is 7.18. The van der Waals surface area contributed by atoms with Gasteiger partial charge in [-0.05, 0) is 37.1 Å². The minimum Gasteiger partial charge on any atom is -0.452 e. The van der Waals surface area contributed by atoms with Crippen LogP contribution in [0.3, 0.4) is 0 Å². The van der Waals surface area contributed by atoms with Crippen molar-refractivity contribution >= 4 is 58.7 Å². The van der Waals surface area contributed by atoms with E-state index in [1.54, 1.807) is 29.8 Å². The van der Waals surface area contributed by atoms with E-state index in [4.69, 9.17) is 39.5 Å². The van der Waals surface area contributed by atoms with E-state index < -0.39 is 18.5 Å². The number of halogens is 3. The highest BCUT2D eigenvalue weighted by atomic mass is 35.5. The van der Waals surface area contributed by atoms with Crippen molar-refractivity contribution in [2.45, 2.75) is 26.3 Å². The zero-order chi connectivity index (χ0) is 21.8. The predicted molar refractivity (Wildman–Crippen MR) is 113 cm³/mol. The number of esters is 1. The minimum absolute atomic E-state index is 0.248. The maximum absolute atomic E-state index is 11.9. The van der Waals surface area contributed by atoms with Crippen LogP contribution in [0.15, 0.2) is 24.3 Å². The lowest BCUT2D eigenvalue weighted by atomic mass is 10.2. The van der Waals surface area contributed by atoms with Crippen LogP contribution < -0.4 is 0 Å². The number of likely N-dealkylation sites (tertiary alicyclic amines) is 1. The standard InChI is InChI=1S/C20H18Cl3N3O4/c1-12-15(6-7-19(29)30-11-18(28)25-8-2-3-17(25)27)20(23)26(24-12)10-13-4-5-14(21)9-16(13)22/h4-7,9H,2-3,8,10-11H2,1H3/b7-6+. The SMILES string of the molecule is Cc1nn(Cc2ccc(Cl)cc2Cl)c(Cl)c1/C=C/C(=O)OCC(=O)N1CCCC1=O. The van der Waals surface area contributed by atoms with Crippen molar-refractivity contribution in [3.63, 3.8) is 0 Å². The molecule has 2 aromatic rings. The largest absolute Gasteiger partial charge is 0.452 e. The van der Waals surface area contributed by atoms with E-state index in [1.807, 2.05) is 0 Å². The lowest BCUT2D eigenvalue weighted by Crippen LogP contribution is -2.35. The molecule has 0 saturated carbocycles. The topological polar surface area (TPSA) is 81.5 Å². The Morgan fingerprint density at radius 2 is 2.03 bits per heavy atom. The molecule has 30 heavy (non-hydrogen) atoms. The van der Waals surface area contributed by atoms with Gasteiger partial charge in [0.25, 0.3) is 5.91 Å². The summed E-state index contributed by atoms with van der Waals surface area (Å²) in [5, 5.41) is 5.72. The smallest absolute Gasteiger partial charge is 0.331 e. The lowest BCUT2D eigenvalue weighted by molar-refractivity contribution is -0.151. The summed E-state index contributed by atoms with van der Waals surface area (Å²) in [7, 11) is 0. The zero-order valence-corrected chi connectivity index (χ0v) is 18.3. The Balaban J connectivity index is 1.63. The molecule has 0 atom stereocenters. The molecule has 0 unspecified atom stereocenters. The highest BCUT2D eigenvalue weighted by molar-refractivity contribution is 6.35. The Hall–Kier alpha value is -2.35. The van der Waals surface area contributed by atoms with Crippen LogP contribution in [0.4, 0.5) is 0 Å². The number of aryl methyl sites for hydroxylation is 1. The van der Waals surface area contributed by atoms with Gasteiger partial charge in [-0.1, -0.05) is 40.9 Å². The van der Waals surface area contributed by atoms with Crippen molar-refractivity contribution in [1.82, 2.24) is 14.7 Å². The van der Waals surface area contributed by atoms with E-state index >= 15 is 0 Å². The van der Waals surface area contributed by atoms with Crippen molar-refractivity contribution in [3.05, 3.63) is 56.3 Å². The molecule has 0 bridgehead atoms. The number of aromatic nitrogens is 2. The molecule has 158 valence electrons. The molecule has 2 amide bonds. The van der Waals surface area contributed by atoms with Crippen molar-refractivity contribution in [3.8, 4) is 0 Å². The maximum Gasteiger partial charge on any atom is 0.331 e. The molecule has 7 nitrogen and oxygen atoms in total. The van der Waals surface area contributed by atoms with E-state index in [0.717, 1.165) is 16.5 Å². The van der Waals surface area contributed by atoms with Crippen LogP contribution in [0.5, 0.6) is 0 Å². The Morgan fingerprint density at radius 3 is 2.70 bits per heavy atom. The first kappa shape index (κ1) is 22.3. The van der Waals surface area contributed by atoms with Crippen molar-refractivity contribution in [2.24, 2.45) is 0 Å². The number of carbonyl (C=O) groups excluding carboxylic acids is 3. The van der Waals surface area contributed by atoms with Crippen molar-refractivity contribution in [2.75, 3.05) is 13.2 Å². The number of nitrogens with zero attached hydrogens (tertiary/aromatic N) is 3. The maximum atomic E-state index is 11.9. The lowest BCUT2D eigenvalue weighted by Gasteiger charge is -2.12. The minimum atomic E-state index is -0.723. The molecule has 1 saturated heterocycles. The molecule has 1 aliphatic heterocycles. The highest BCUT2D eigenvalue weighted by Crippen LogP contribution is 2.26. The molecule has 0 aliphatic carbocycles. The van der Waals surface area contributed by atoms with E-state index in [2.05, 4.69) is 5.10 Å². The number of hydrogen-bond acceptors (Lipinski definition) is 5. The molecule has 3 rings (SSSR count). The van der Waals surface area contributed by atoms with Crippen molar-refractivity contribution in [1.29, 1.82) is 0 Å². The second kappa shape index (κ2) is 9.64. The van der Waals surface area contributed by atoms with Gasteiger partial charge in [-0.3, -0.25) is 14.5 Å². The molecule has 2 heterocycles. The number of benzene rings is 1. The summed E-state index contributed by atoms with van der Waals surface area (Å²) in [4.78, 5) is 36.5. The molecule has 1 aromatic carbocycles. The third-order valence-electron chi connectivity index (χ3n) is 4.54. The van der Waals surface area contributed by atoms with Gasteiger partial charge in [0.1, 0.15) is 5.15 Å². The Bertz CT molecular complexity index is 1030. The third-order valence-corrected chi connectivity index (χ3v) is 5.53. The summed E-state index contributed by atoms with van der Waals surface area (Å²) >= 11 is 18.5. The monoisotopic (exact) mass is 469 g/mol. The highest BCUT2D eigenvalue weighted by Gasteiger charge is 2.26. The molecule has 1 fully saturated rings. The van der Waals surface area contributed by atoms with Crippen LogP contribution in [0, 0.1) is 6.92 Å². The average molecular weight is 471 g/mol. The normalized spacial score (nSPS) is 14.0. The predicted octanol–water partition coefficient (Wildman–Crippen LogP) is 3.91. The van der Waals surface area contributed by atoms with Crippen LogP contribution >= 0.6 is 34.8 Å². The number of amides is 2. The van der Waals surface area contributed by atoms with Crippen LogP contribution in [-0.4, -0.2) is 45.6 Å². The van der Waals surface area contributed by atoms with E-state index in [0.29, 0.717) is 52.4 Å². The fourth-order valence-electron chi connectivity index (χ4n) is 2.99. The fourth-order valence-corrected chi connectivity index (χ4v) is 3.76. The summed E-state index contributed by atoms with van der Waals surface area (Å²) < 4.78 is 6.48. The van der Waals surface area contributed by atoms with Gasteiger partial charge in [0.05, 0.1) is 12.2 Å². The summed E-state index contributed by atoms with van der Waals surface area (Å²) in [6.07, 6.45) is 3.59. The second-order valence-electron chi connectivity index (χ2n) is 6.67. The first-order valence-corrected chi connectivity index (χ1v) is 10.2. The van der Waals surface area contributed by atoms with E-state index in [1.165, 1.54) is 6.08 Å². The molecule has 0 radical (unpaired) electrons. The van der Waals surface area contributed by atoms with Gasteiger partial charge in [0.15, 0.2) is 6.61 Å². The van der Waals surface area contributed by atoms with Crippen LogP contribution in [0.1, 0.15) is 29.7 Å². The van der Waals surface area contributed by atoms with Gasteiger partial charge in [0.2, 0.25) is 5.91 Å². The van der Waals surface area contributed by atoms with Crippen LogP contribution in [0.2, 0.25) is 15.2 Å². The van der Waals surface area contributed by atoms with Gasteiger partial charge >= 0.3 is 5.97 Å². The van der Waals surface area contributed by atoms with E-state index in [9.17, 15) is 14.4 Å². The first-order valence-electron chi connectivity index (χ1n) is 9.11. The van der Waals surface area contributed by atoms with Gasteiger partial charge in [-0.2, -0.15) is 5.10 Å². The second-order valence-corrected chi connectivity index (χ2v) is 7.87. The Morgan fingerprint density at radius 1 is 1.27 bits per heavy atom. The molecular formula is C20H18Cl3N3O4. The molecule has 1 aromatic heterocycles. The fraction of sp³-hybridized carbons (Fsp3) is 0.300. The van der Waals surface area contributed by atoms with E-state index in [-0.39, 0.29) is 5.91 Å². The first-order chi connectivity index (χ1) is 14.3. The summed E-state index contributed by atoms with van der Waals surface area (Å²) in [5.74, 6) is -1.50. The quantitative estimate of drug-likeness (QED) is 0.472. The van der Waals surface area contributed by atoms with Gasteiger partial charge in [-0.15, -0.1) is 0 Å². The van der Waals surface area contributed by atoms with Crippen LogP contribution in [-0.2, 0) is 25.7 Å². The van der Waals surface area contributed by atoms with Gasteiger partial charge in [0, 0.05) is 34.7 Å². The molecular weight excluding hydrogens is 453 g/mol. The summed E-state index contributed by atoms with van der Waals surface area (Å²) in [6, 6.07) is 5.14. The number of hydrogen-bond donors (Lipinski definition) is 0. The van der Waals surface area contributed by atoms with Gasteiger partial charge < -0.3 is 4.74 Å². The average Bonchev–Trinajstić information content (AvgIpc) is 3.23. The van der Waals surface area contributed by atoms with Crippen molar-refractivity contribution < 1.29 is 19.1 Å². The number of imide groups is 1. The molecule has 0 N–H and O–H groups in total. The van der Waals surface area contributed by atoms with Gasteiger partial charge in [-0.25, -0.2) is 9.48 Å². The number of ether oxygens (including phenoxy) is 1. The zero-order valence-electron chi connectivity index (χ0n) is 16.0. The molecule has 10 heteroatoms. The molecule has 1 aliphatic rings. The summed E-state index contributed by atoms with van der Waals surface area (Å²) in [6.45, 7) is 1.94. The summed E-state index contributed by atoms with van der Waals surface area (Å²) in [5.41, 5.74) is 1.93. The molecule has 0 spiro atoms.